The van der Waals surface area contributed by atoms with Gasteiger partial charge in [0.1, 0.15) is 0 Å². The van der Waals surface area contributed by atoms with E-state index in [0.717, 1.165) is 57.8 Å². The summed E-state index contributed by atoms with van der Waals surface area (Å²) in [4.78, 5) is 24.5. The predicted molar refractivity (Wildman–Crippen MR) is 283 cm³/mol. The first kappa shape index (κ1) is 63.6. The molecule has 0 spiro atoms. The van der Waals surface area contributed by atoms with Crippen molar-refractivity contribution in [3.8, 4) is 0 Å². The Labute approximate surface area is 406 Å². The van der Waals surface area contributed by atoms with Gasteiger partial charge in [-0.3, -0.25) is 9.59 Å². The van der Waals surface area contributed by atoms with E-state index in [-0.39, 0.29) is 18.5 Å². The Bertz CT molecular complexity index is 970. The Morgan fingerprint density at radius 1 is 0.415 bits per heavy atom. The third-order valence-corrected chi connectivity index (χ3v) is 13.8. The van der Waals surface area contributed by atoms with Crippen LogP contribution in [0.25, 0.3) is 0 Å². The zero-order chi connectivity index (χ0) is 47.2. The number of aliphatic hydroxyl groups is 2. The molecule has 0 aromatic heterocycles. The molecule has 65 heavy (non-hydrogen) atoms. The second-order valence-electron chi connectivity index (χ2n) is 20.3. The van der Waals surface area contributed by atoms with Gasteiger partial charge in [-0.15, -0.1) is 0 Å². The summed E-state index contributed by atoms with van der Waals surface area (Å²) in [5.74, 6) is -0.0743. The van der Waals surface area contributed by atoms with E-state index in [9.17, 15) is 19.8 Å². The van der Waals surface area contributed by atoms with Crippen molar-refractivity contribution >= 4 is 11.9 Å². The lowest BCUT2D eigenvalue weighted by atomic mass is 10.0. The number of esters is 1. The van der Waals surface area contributed by atoms with Gasteiger partial charge >= 0.3 is 5.97 Å². The SMILES string of the molecule is CCCCCCCCCCCCCCC/C=C/C(O)C(CO)NC(=O)CCCCCCCCCCCCCCCCOC(=O)CCCCCCCCCCCCCCCCCCCCC. The van der Waals surface area contributed by atoms with E-state index in [1.807, 2.05) is 6.08 Å². The number of ether oxygens (including phenoxy) is 1. The van der Waals surface area contributed by atoms with Gasteiger partial charge in [0.25, 0.3) is 0 Å². The van der Waals surface area contributed by atoms with E-state index in [0.29, 0.717) is 19.4 Å². The second-order valence-corrected chi connectivity index (χ2v) is 20.3. The number of unbranched alkanes of at least 4 members (excludes halogenated alkanes) is 44. The maximum Gasteiger partial charge on any atom is 0.305 e. The molecule has 0 rings (SSSR count). The van der Waals surface area contributed by atoms with Gasteiger partial charge in [-0.25, -0.2) is 0 Å². The van der Waals surface area contributed by atoms with Crippen LogP contribution in [0.15, 0.2) is 12.2 Å². The van der Waals surface area contributed by atoms with Crippen molar-refractivity contribution in [3.63, 3.8) is 0 Å². The molecule has 0 aliphatic carbocycles. The van der Waals surface area contributed by atoms with Gasteiger partial charge in [0.15, 0.2) is 0 Å². The van der Waals surface area contributed by atoms with Crippen LogP contribution >= 0.6 is 0 Å². The number of carbonyl (C=O) groups excluding carboxylic acids is 2. The van der Waals surface area contributed by atoms with E-state index in [2.05, 4.69) is 19.2 Å². The maximum absolute atomic E-state index is 12.5. The molecule has 0 aliphatic heterocycles. The van der Waals surface area contributed by atoms with Crippen molar-refractivity contribution in [1.29, 1.82) is 0 Å². The van der Waals surface area contributed by atoms with E-state index >= 15 is 0 Å². The quantitative estimate of drug-likeness (QED) is 0.0321. The van der Waals surface area contributed by atoms with Gasteiger partial charge in [-0.05, 0) is 32.1 Å². The second kappa shape index (κ2) is 55.2. The van der Waals surface area contributed by atoms with E-state index in [4.69, 9.17) is 4.74 Å². The molecule has 6 heteroatoms. The number of allylic oxidation sites excluding steroid dienone is 1. The molecule has 0 heterocycles. The minimum Gasteiger partial charge on any atom is -0.466 e. The summed E-state index contributed by atoms with van der Waals surface area (Å²) >= 11 is 0. The summed E-state index contributed by atoms with van der Waals surface area (Å²) in [6.45, 7) is 4.91. The Hall–Kier alpha value is -1.40. The molecule has 0 aromatic rings. The minimum absolute atomic E-state index is 0.00190. The van der Waals surface area contributed by atoms with Crippen LogP contribution in [0, 0.1) is 0 Å². The molecule has 0 saturated heterocycles. The summed E-state index contributed by atoms with van der Waals surface area (Å²) in [5.41, 5.74) is 0. The number of nitrogens with one attached hydrogen (secondary N) is 1. The molecule has 6 nitrogen and oxygen atoms in total. The molecule has 1 amide bonds. The van der Waals surface area contributed by atoms with Crippen molar-refractivity contribution in [1.82, 2.24) is 5.32 Å². The molecule has 0 aliphatic rings. The van der Waals surface area contributed by atoms with E-state index in [1.54, 1.807) is 6.08 Å². The van der Waals surface area contributed by atoms with Crippen LogP contribution in [0.2, 0.25) is 0 Å². The highest BCUT2D eigenvalue weighted by Gasteiger charge is 2.18. The van der Waals surface area contributed by atoms with Crippen LogP contribution in [0.5, 0.6) is 0 Å². The minimum atomic E-state index is -0.850. The van der Waals surface area contributed by atoms with Gasteiger partial charge in [0, 0.05) is 12.8 Å². The first-order valence-corrected chi connectivity index (χ1v) is 29.5. The van der Waals surface area contributed by atoms with Crippen LogP contribution in [0.1, 0.15) is 328 Å². The Balaban J connectivity index is 3.42. The third kappa shape index (κ3) is 51.8. The largest absolute Gasteiger partial charge is 0.466 e. The number of hydrogen-bond donors (Lipinski definition) is 3. The monoisotopic (exact) mass is 918 g/mol. The molecule has 2 unspecified atom stereocenters. The van der Waals surface area contributed by atoms with Crippen molar-refractivity contribution in [2.45, 2.75) is 341 Å². The lowest BCUT2D eigenvalue weighted by Gasteiger charge is -2.20. The van der Waals surface area contributed by atoms with Crippen molar-refractivity contribution in [2.24, 2.45) is 0 Å². The first-order chi connectivity index (χ1) is 32.0. The summed E-state index contributed by atoms with van der Waals surface area (Å²) in [6, 6.07) is -0.634. The van der Waals surface area contributed by atoms with Crippen LogP contribution in [0.4, 0.5) is 0 Å². The maximum atomic E-state index is 12.5. The fourth-order valence-electron chi connectivity index (χ4n) is 9.28. The molecule has 0 radical (unpaired) electrons. The van der Waals surface area contributed by atoms with Gasteiger partial charge in [-0.1, -0.05) is 296 Å². The molecular weight excluding hydrogens is 803 g/mol. The highest BCUT2D eigenvalue weighted by molar-refractivity contribution is 5.76. The Kier molecular flexibility index (Phi) is 54.0. The van der Waals surface area contributed by atoms with Crippen LogP contribution in [-0.4, -0.2) is 47.4 Å². The highest BCUT2D eigenvalue weighted by Crippen LogP contribution is 2.17. The fourth-order valence-corrected chi connectivity index (χ4v) is 9.28. The van der Waals surface area contributed by atoms with Gasteiger partial charge in [0.05, 0.1) is 25.4 Å². The summed E-state index contributed by atoms with van der Waals surface area (Å²) in [6.07, 6.45) is 65.2. The Morgan fingerprint density at radius 3 is 1.05 bits per heavy atom. The van der Waals surface area contributed by atoms with Crippen LogP contribution < -0.4 is 5.32 Å². The van der Waals surface area contributed by atoms with Gasteiger partial charge in [0.2, 0.25) is 5.91 Å². The number of aliphatic hydroxyl groups excluding tert-OH is 2. The summed E-state index contributed by atoms with van der Waals surface area (Å²) < 4.78 is 5.49. The molecule has 386 valence electrons. The third-order valence-electron chi connectivity index (χ3n) is 13.8. The number of amides is 1. The molecule has 0 aromatic carbocycles. The average molecular weight is 919 g/mol. The van der Waals surface area contributed by atoms with E-state index < -0.39 is 12.1 Å². The predicted octanol–water partition coefficient (Wildman–Crippen LogP) is 18.1. The average Bonchev–Trinajstić information content (AvgIpc) is 3.31. The Morgan fingerprint density at radius 2 is 0.708 bits per heavy atom. The number of hydrogen-bond acceptors (Lipinski definition) is 5. The molecule has 0 saturated carbocycles. The van der Waals surface area contributed by atoms with Crippen molar-refractivity contribution in [2.75, 3.05) is 13.2 Å². The number of rotatable bonds is 55. The molecule has 0 fully saturated rings. The molecule has 0 bridgehead atoms. The van der Waals surface area contributed by atoms with E-state index in [1.165, 1.54) is 244 Å². The molecule has 2 atom stereocenters. The van der Waals surface area contributed by atoms with Crippen molar-refractivity contribution < 1.29 is 24.5 Å². The topological polar surface area (TPSA) is 95.9 Å². The fraction of sp³-hybridized carbons (Fsp3) is 0.932. The zero-order valence-electron chi connectivity index (χ0n) is 44.0. The molecule has 3 N–H and O–H groups in total. The van der Waals surface area contributed by atoms with Crippen LogP contribution in [-0.2, 0) is 14.3 Å². The smallest absolute Gasteiger partial charge is 0.305 e. The summed E-state index contributed by atoms with van der Waals surface area (Å²) in [7, 11) is 0. The first-order valence-electron chi connectivity index (χ1n) is 29.5. The lowest BCUT2D eigenvalue weighted by molar-refractivity contribution is -0.143. The zero-order valence-corrected chi connectivity index (χ0v) is 44.0. The normalized spacial score (nSPS) is 12.6. The number of carbonyl (C=O) groups is 2. The lowest BCUT2D eigenvalue weighted by Crippen LogP contribution is -2.45. The highest BCUT2D eigenvalue weighted by atomic mass is 16.5. The van der Waals surface area contributed by atoms with Gasteiger partial charge < -0.3 is 20.3 Å². The summed E-state index contributed by atoms with van der Waals surface area (Å²) in [5, 5.41) is 23.1. The van der Waals surface area contributed by atoms with Crippen molar-refractivity contribution in [3.05, 3.63) is 12.2 Å². The van der Waals surface area contributed by atoms with Gasteiger partial charge in [-0.2, -0.15) is 0 Å². The van der Waals surface area contributed by atoms with Crippen LogP contribution in [0.3, 0.4) is 0 Å². The molecular formula is C59H115NO5. The standard InChI is InChI=1S/C59H115NO5/c1-3-5-7-9-11-13-15-17-19-20-21-22-24-29-33-37-41-45-49-53-59(64)65-54-50-46-42-38-34-30-26-25-28-32-36-40-44-48-52-58(63)60-56(55-61)57(62)51-47-43-39-35-31-27-23-18-16-14-12-10-8-6-4-2/h47,51,56-57,61-62H,3-46,48-50,52-55H2,1-2H3,(H,60,63)/b51-47+.